The van der Waals surface area contributed by atoms with Gasteiger partial charge in [-0.3, -0.25) is 9.78 Å². The fourth-order valence-electron chi connectivity index (χ4n) is 6.21. The second-order valence-corrected chi connectivity index (χ2v) is 19.1. The van der Waals surface area contributed by atoms with Gasteiger partial charge in [-0.1, -0.05) is 59.6 Å². The van der Waals surface area contributed by atoms with Gasteiger partial charge in [0.1, 0.15) is 0 Å². The van der Waals surface area contributed by atoms with Gasteiger partial charge in [0.25, 0.3) is 0 Å². The van der Waals surface area contributed by atoms with Crippen LogP contribution < -0.4 is 0 Å². The molecule has 2 aliphatic rings. The topological polar surface area (TPSA) is 48.4 Å². The molecule has 2 atom stereocenters. The van der Waals surface area contributed by atoms with Crippen molar-refractivity contribution in [3.05, 3.63) is 63.5 Å². The average Bonchev–Trinajstić information content (AvgIpc) is 3.39. The summed E-state index contributed by atoms with van der Waals surface area (Å²) in [6.45, 7) is 17.5. The number of ether oxygens (including phenoxy) is 1. The normalized spacial score (nSPS) is 20.6. The van der Waals surface area contributed by atoms with Crippen LogP contribution in [0.2, 0.25) is 18.1 Å². The highest BCUT2D eigenvalue weighted by molar-refractivity contribution is 6.74. The lowest BCUT2D eigenvalue weighted by atomic mass is 9.71. The number of ketones is 1. The summed E-state index contributed by atoms with van der Waals surface area (Å²) < 4.78 is 53.9. The summed E-state index contributed by atoms with van der Waals surface area (Å²) >= 11 is 0. The lowest BCUT2D eigenvalue weighted by Gasteiger charge is -2.45. The first-order valence-electron chi connectivity index (χ1n) is 14.9. The summed E-state index contributed by atoms with van der Waals surface area (Å²) in [5.41, 5.74) is 2.91. The van der Waals surface area contributed by atoms with Gasteiger partial charge in [-0.05, 0) is 79.8 Å². The molecule has 226 valence electrons. The maximum atomic E-state index is 14.4. The summed E-state index contributed by atoms with van der Waals surface area (Å²) in [6.07, 6.45) is 0.195. The highest BCUT2D eigenvalue weighted by Crippen LogP contribution is 2.52. The van der Waals surface area contributed by atoms with Gasteiger partial charge in [0, 0.05) is 23.9 Å². The van der Waals surface area contributed by atoms with Crippen molar-refractivity contribution >= 4 is 14.1 Å². The third-order valence-corrected chi connectivity index (χ3v) is 14.0. The lowest BCUT2D eigenvalue weighted by molar-refractivity contribution is -0.137. The second-order valence-electron chi connectivity index (χ2n) is 14.3. The fraction of sp³-hybridized carbons (Fsp3) is 0.636. The molecule has 0 amide bonds. The quantitative estimate of drug-likeness (QED) is 0.238. The zero-order valence-electron chi connectivity index (χ0n) is 26.1. The second kappa shape index (κ2) is 11.2. The van der Waals surface area contributed by atoms with Crippen LogP contribution in [0, 0.1) is 5.41 Å². The summed E-state index contributed by atoms with van der Waals surface area (Å²) in [5, 5.41) is -0.0170. The monoisotopic (exact) mass is 589 g/mol. The molecule has 8 heteroatoms. The number of alkyl halides is 3. The Balaban J connectivity index is 2.03. The van der Waals surface area contributed by atoms with Crippen LogP contribution in [0.15, 0.2) is 24.3 Å². The van der Waals surface area contributed by atoms with E-state index in [0.717, 1.165) is 67.5 Å². The molecule has 4 rings (SSSR count). The molecule has 2 aromatic rings. The molecule has 0 aliphatic heterocycles. The molecule has 0 spiro atoms. The Kier molecular flexibility index (Phi) is 8.74. The third kappa shape index (κ3) is 6.49. The van der Waals surface area contributed by atoms with E-state index >= 15 is 0 Å². The number of pyridine rings is 1. The maximum absolute atomic E-state index is 14.4. The minimum Gasteiger partial charge on any atom is -0.410 e. The molecule has 1 aromatic carbocycles. The summed E-state index contributed by atoms with van der Waals surface area (Å²) in [5.74, 6) is -0.311. The first kappa shape index (κ1) is 31.9. The van der Waals surface area contributed by atoms with Crippen molar-refractivity contribution in [3.8, 4) is 0 Å². The van der Waals surface area contributed by atoms with Crippen molar-refractivity contribution < 1.29 is 27.1 Å². The van der Waals surface area contributed by atoms with E-state index in [-0.39, 0.29) is 28.0 Å². The molecule has 4 nitrogen and oxygen atoms in total. The van der Waals surface area contributed by atoms with Crippen LogP contribution in [-0.4, -0.2) is 26.2 Å². The van der Waals surface area contributed by atoms with Gasteiger partial charge in [0.2, 0.25) is 0 Å². The molecule has 2 aliphatic carbocycles. The van der Waals surface area contributed by atoms with E-state index in [2.05, 4.69) is 47.7 Å². The number of hydrogen-bond acceptors (Lipinski definition) is 4. The standard InChI is InChI=1S/C33H46F3NO3Si/c1-20(39-7)29-28(30(38)22-15-12-16-23(17-22)33(34,35)36)26(21-13-10-11-14-21)27-24(37-29)18-32(5,6)19-25(27)40-41(8,9)31(2,3)4/h12,15-17,20-21,25H,10-11,13-14,18-19H2,1-9H3/t20?,25-/m0/s1. The number of halogens is 3. The molecular weight excluding hydrogens is 543 g/mol. The SMILES string of the molecule is COC(C)c1nc2c(c(C3CCCC3)c1C(=O)c1cccc(C(F)(F)F)c1)[C@@H](O[Si](C)(C)C(C)(C)C)CC(C)(C)C2. The zero-order chi connectivity index (χ0) is 30.5. The molecule has 0 bridgehead atoms. The van der Waals surface area contributed by atoms with Crippen molar-refractivity contribution in [2.75, 3.05) is 7.11 Å². The highest BCUT2D eigenvalue weighted by atomic mass is 28.4. The average molecular weight is 590 g/mol. The van der Waals surface area contributed by atoms with Crippen LogP contribution in [-0.2, 0) is 21.8 Å². The van der Waals surface area contributed by atoms with E-state index < -0.39 is 31.9 Å². The molecule has 41 heavy (non-hydrogen) atoms. The largest absolute Gasteiger partial charge is 0.416 e. The smallest absolute Gasteiger partial charge is 0.410 e. The Bertz CT molecular complexity index is 1290. The molecular formula is C33H46F3NO3Si. The van der Waals surface area contributed by atoms with E-state index in [9.17, 15) is 18.0 Å². The zero-order valence-corrected chi connectivity index (χ0v) is 27.1. The van der Waals surface area contributed by atoms with E-state index in [1.54, 1.807) is 7.11 Å². The Morgan fingerprint density at radius 2 is 1.73 bits per heavy atom. The van der Waals surface area contributed by atoms with Crippen molar-refractivity contribution in [3.63, 3.8) is 0 Å². The van der Waals surface area contributed by atoms with Crippen molar-refractivity contribution in [2.45, 2.75) is 123 Å². The number of fused-ring (bicyclic) bond motifs is 1. The first-order chi connectivity index (χ1) is 18.9. The Morgan fingerprint density at radius 3 is 2.29 bits per heavy atom. The van der Waals surface area contributed by atoms with Crippen LogP contribution in [0.3, 0.4) is 0 Å². The lowest BCUT2D eigenvalue weighted by Crippen LogP contribution is -2.44. The predicted molar refractivity (Wildman–Crippen MR) is 159 cm³/mol. The van der Waals surface area contributed by atoms with E-state index in [1.807, 2.05) is 6.92 Å². The molecule has 1 unspecified atom stereocenters. The van der Waals surface area contributed by atoms with Crippen LogP contribution >= 0.6 is 0 Å². The van der Waals surface area contributed by atoms with Crippen molar-refractivity contribution in [2.24, 2.45) is 5.41 Å². The molecule has 1 fully saturated rings. The fourth-order valence-corrected chi connectivity index (χ4v) is 7.48. The van der Waals surface area contributed by atoms with Crippen LogP contribution in [0.4, 0.5) is 13.2 Å². The number of aromatic nitrogens is 1. The van der Waals surface area contributed by atoms with E-state index in [4.69, 9.17) is 14.1 Å². The van der Waals surface area contributed by atoms with Crippen molar-refractivity contribution in [1.82, 2.24) is 4.98 Å². The molecule has 0 radical (unpaired) electrons. The van der Waals surface area contributed by atoms with Crippen molar-refractivity contribution in [1.29, 1.82) is 0 Å². The van der Waals surface area contributed by atoms with Gasteiger partial charge in [0.15, 0.2) is 14.1 Å². The number of benzene rings is 1. The Labute approximate surface area is 244 Å². The molecule has 1 heterocycles. The molecule has 1 aromatic heterocycles. The van der Waals surface area contributed by atoms with Gasteiger partial charge >= 0.3 is 6.18 Å². The van der Waals surface area contributed by atoms with E-state index in [1.165, 1.54) is 12.1 Å². The number of carbonyl (C=O) groups is 1. The van der Waals surface area contributed by atoms with Gasteiger partial charge in [-0.2, -0.15) is 13.2 Å². The summed E-state index contributed by atoms with van der Waals surface area (Å²) in [6, 6.07) is 4.75. The molecule has 0 N–H and O–H groups in total. The van der Waals surface area contributed by atoms with Gasteiger partial charge in [-0.15, -0.1) is 0 Å². The number of methoxy groups -OCH3 is 1. The first-order valence-corrected chi connectivity index (χ1v) is 17.8. The minimum absolute atomic E-state index is 0.0170. The minimum atomic E-state index is -4.55. The third-order valence-electron chi connectivity index (χ3n) is 9.51. The highest BCUT2D eigenvalue weighted by Gasteiger charge is 2.46. The number of hydrogen-bond donors (Lipinski definition) is 0. The van der Waals surface area contributed by atoms with Crippen LogP contribution in [0.1, 0.15) is 136 Å². The van der Waals surface area contributed by atoms with Gasteiger partial charge in [-0.25, -0.2) is 0 Å². The van der Waals surface area contributed by atoms with Gasteiger partial charge in [0.05, 0.1) is 29.0 Å². The van der Waals surface area contributed by atoms with E-state index in [0.29, 0.717) is 11.3 Å². The van der Waals surface area contributed by atoms with Crippen LogP contribution in [0.25, 0.3) is 0 Å². The number of rotatable bonds is 7. The number of nitrogens with zero attached hydrogens (tertiary/aromatic N) is 1. The molecule has 0 saturated heterocycles. The summed E-state index contributed by atoms with van der Waals surface area (Å²) in [4.78, 5) is 19.6. The molecule has 1 saturated carbocycles. The summed E-state index contributed by atoms with van der Waals surface area (Å²) in [7, 11) is -0.651. The Morgan fingerprint density at radius 1 is 1.10 bits per heavy atom. The maximum Gasteiger partial charge on any atom is 0.416 e. The number of carbonyl (C=O) groups excluding carboxylic acids is 1. The van der Waals surface area contributed by atoms with Crippen LogP contribution in [0.5, 0.6) is 0 Å². The van der Waals surface area contributed by atoms with Gasteiger partial charge < -0.3 is 9.16 Å². The predicted octanol–water partition coefficient (Wildman–Crippen LogP) is 9.73. The Hall–Kier alpha value is -2.03.